The Morgan fingerprint density at radius 2 is 2.33 bits per heavy atom. The SMILES string of the molecule is CC[C@@]1(O)CCC[C@H]1O. The lowest BCUT2D eigenvalue weighted by atomic mass is 9.97. The molecule has 1 aliphatic carbocycles. The summed E-state index contributed by atoms with van der Waals surface area (Å²) in [4.78, 5) is 0. The molecule has 2 atom stereocenters. The highest BCUT2D eigenvalue weighted by Crippen LogP contribution is 2.32. The third kappa shape index (κ3) is 1.10. The van der Waals surface area contributed by atoms with Gasteiger partial charge in [-0.15, -0.1) is 0 Å². The van der Waals surface area contributed by atoms with Crippen LogP contribution < -0.4 is 0 Å². The molecule has 1 fully saturated rings. The Morgan fingerprint density at radius 1 is 1.67 bits per heavy atom. The molecule has 2 heteroatoms. The third-order valence-electron chi connectivity index (χ3n) is 2.32. The third-order valence-corrected chi connectivity index (χ3v) is 2.32. The minimum absolute atomic E-state index is 0.470. The average molecular weight is 130 g/mol. The van der Waals surface area contributed by atoms with Crippen molar-refractivity contribution in [3.05, 3.63) is 0 Å². The number of aliphatic hydroxyl groups excluding tert-OH is 1. The van der Waals surface area contributed by atoms with E-state index in [2.05, 4.69) is 0 Å². The van der Waals surface area contributed by atoms with Crippen LogP contribution in [-0.2, 0) is 0 Å². The average Bonchev–Trinajstić information content (AvgIpc) is 2.15. The highest BCUT2D eigenvalue weighted by Gasteiger charge is 2.37. The molecule has 0 amide bonds. The standard InChI is InChI=1S/C7H14O2/c1-2-7(9)5-3-4-6(7)8/h6,8-9H,2-5H2,1H3/t6-,7-/m1/s1. The lowest BCUT2D eigenvalue weighted by Crippen LogP contribution is -2.36. The maximum Gasteiger partial charge on any atom is 0.0902 e. The van der Waals surface area contributed by atoms with Gasteiger partial charge in [0.25, 0.3) is 0 Å². The zero-order valence-electron chi connectivity index (χ0n) is 5.80. The summed E-state index contributed by atoms with van der Waals surface area (Å²) in [6, 6.07) is 0. The molecule has 2 N–H and O–H groups in total. The first kappa shape index (κ1) is 7.03. The highest BCUT2D eigenvalue weighted by atomic mass is 16.3. The topological polar surface area (TPSA) is 40.5 Å². The van der Waals surface area contributed by atoms with Crippen LogP contribution in [0.15, 0.2) is 0 Å². The first-order valence-corrected chi connectivity index (χ1v) is 3.59. The van der Waals surface area contributed by atoms with Crippen molar-refractivity contribution in [2.75, 3.05) is 0 Å². The van der Waals surface area contributed by atoms with Crippen molar-refractivity contribution in [3.8, 4) is 0 Å². The van der Waals surface area contributed by atoms with Crippen molar-refractivity contribution in [2.24, 2.45) is 0 Å². The predicted molar refractivity (Wildman–Crippen MR) is 35.1 cm³/mol. The van der Waals surface area contributed by atoms with Gasteiger partial charge in [-0.05, 0) is 25.7 Å². The van der Waals surface area contributed by atoms with Gasteiger partial charge in [0.2, 0.25) is 0 Å². The smallest absolute Gasteiger partial charge is 0.0902 e. The van der Waals surface area contributed by atoms with Crippen molar-refractivity contribution < 1.29 is 10.2 Å². The molecule has 0 aliphatic heterocycles. The lowest BCUT2D eigenvalue weighted by molar-refractivity contribution is -0.0550. The molecule has 9 heavy (non-hydrogen) atoms. The second kappa shape index (κ2) is 2.27. The second-order valence-electron chi connectivity index (χ2n) is 2.87. The minimum Gasteiger partial charge on any atom is -0.390 e. The van der Waals surface area contributed by atoms with Crippen LogP contribution in [0.25, 0.3) is 0 Å². The van der Waals surface area contributed by atoms with E-state index in [1.54, 1.807) is 0 Å². The Hall–Kier alpha value is -0.0800. The van der Waals surface area contributed by atoms with Crippen LogP contribution in [-0.4, -0.2) is 21.9 Å². The van der Waals surface area contributed by atoms with E-state index >= 15 is 0 Å². The Kier molecular flexibility index (Phi) is 1.78. The summed E-state index contributed by atoms with van der Waals surface area (Å²) in [5, 5.41) is 18.7. The molecule has 0 saturated heterocycles. The molecule has 0 heterocycles. The molecular weight excluding hydrogens is 116 g/mol. The van der Waals surface area contributed by atoms with Gasteiger partial charge in [-0.3, -0.25) is 0 Å². The molecule has 0 unspecified atom stereocenters. The Morgan fingerprint density at radius 3 is 2.56 bits per heavy atom. The number of aliphatic hydroxyl groups is 2. The molecule has 1 aliphatic rings. The molecule has 54 valence electrons. The van der Waals surface area contributed by atoms with Crippen LogP contribution in [0.2, 0.25) is 0 Å². The number of rotatable bonds is 1. The predicted octanol–water partition coefficient (Wildman–Crippen LogP) is 0.672. The Balaban J connectivity index is 2.56. The zero-order valence-corrected chi connectivity index (χ0v) is 5.80. The van der Waals surface area contributed by atoms with E-state index in [-0.39, 0.29) is 0 Å². The lowest BCUT2D eigenvalue weighted by Gasteiger charge is -2.24. The van der Waals surface area contributed by atoms with Gasteiger partial charge < -0.3 is 10.2 Å². The Bertz CT molecular complexity index is 103. The molecule has 0 aromatic heterocycles. The van der Waals surface area contributed by atoms with Crippen molar-refractivity contribution >= 4 is 0 Å². The summed E-state index contributed by atoms with van der Waals surface area (Å²) in [7, 11) is 0. The molecule has 1 saturated carbocycles. The van der Waals surface area contributed by atoms with E-state index in [0.29, 0.717) is 6.42 Å². The van der Waals surface area contributed by atoms with E-state index in [1.165, 1.54) is 0 Å². The van der Waals surface area contributed by atoms with Crippen molar-refractivity contribution in [3.63, 3.8) is 0 Å². The first-order chi connectivity index (χ1) is 4.19. The molecular formula is C7H14O2. The molecule has 0 radical (unpaired) electrons. The van der Waals surface area contributed by atoms with Gasteiger partial charge >= 0.3 is 0 Å². The van der Waals surface area contributed by atoms with Crippen LogP contribution in [0.5, 0.6) is 0 Å². The number of hydrogen-bond donors (Lipinski definition) is 2. The van der Waals surface area contributed by atoms with Gasteiger partial charge in [0, 0.05) is 0 Å². The molecule has 2 nitrogen and oxygen atoms in total. The van der Waals surface area contributed by atoms with Crippen LogP contribution in [0.4, 0.5) is 0 Å². The summed E-state index contributed by atoms with van der Waals surface area (Å²) in [6.07, 6.45) is 2.71. The monoisotopic (exact) mass is 130 g/mol. The van der Waals surface area contributed by atoms with Crippen molar-refractivity contribution in [2.45, 2.75) is 44.3 Å². The van der Waals surface area contributed by atoms with E-state index in [1.807, 2.05) is 6.92 Å². The molecule has 0 bridgehead atoms. The van der Waals surface area contributed by atoms with E-state index in [4.69, 9.17) is 0 Å². The summed E-state index contributed by atoms with van der Waals surface area (Å²) in [5.74, 6) is 0. The van der Waals surface area contributed by atoms with Gasteiger partial charge in [-0.25, -0.2) is 0 Å². The largest absolute Gasteiger partial charge is 0.390 e. The van der Waals surface area contributed by atoms with E-state index in [0.717, 1.165) is 19.3 Å². The molecule has 0 spiro atoms. The van der Waals surface area contributed by atoms with E-state index in [9.17, 15) is 10.2 Å². The van der Waals surface area contributed by atoms with Crippen LogP contribution in [0.1, 0.15) is 32.6 Å². The van der Waals surface area contributed by atoms with Gasteiger partial charge in [0.15, 0.2) is 0 Å². The van der Waals surface area contributed by atoms with Crippen molar-refractivity contribution in [1.82, 2.24) is 0 Å². The highest BCUT2D eigenvalue weighted by molar-refractivity contribution is 4.90. The fourth-order valence-corrected chi connectivity index (χ4v) is 1.45. The maximum absolute atomic E-state index is 9.52. The van der Waals surface area contributed by atoms with Gasteiger partial charge in [0.05, 0.1) is 11.7 Å². The number of hydrogen-bond acceptors (Lipinski definition) is 2. The summed E-state index contributed by atoms with van der Waals surface area (Å²) < 4.78 is 0. The van der Waals surface area contributed by atoms with Gasteiger partial charge in [-0.2, -0.15) is 0 Å². The van der Waals surface area contributed by atoms with Gasteiger partial charge in [-0.1, -0.05) is 6.92 Å². The van der Waals surface area contributed by atoms with Gasteiger partial charge in [0.1, 0.15) is 0 Å². The molecule has 0 aromatic carbocycles. The molecule has 1 rings (SSSR count). The molecule has 0 aromatic rings. The van der Waals surface area contributed by atoms with Crippen LogP contribution >= 0.6 is 0 Å². The van der Waals surface area contributed by atoms with Crippen LogP contribution in [0, 0.1) is 0 Å². The maximum atomic E-state index is 9.52. The Labute approximate surface area is 55.5 Å². The van der Waals surface area contributed by atoms with Crippen LogP contribution in [0.3, 0.4) is 0 Å². The fourth-order valence-electron chi connectivity index (χ4n) is 1.45. The second-order valence-corrected chi connectivity index (χ2v) is 2.87. The zero-order chi connectivity index (χ0) is 6.91. The normalized spacial score (nSPS) is 43.7. The van der Waals surface area contributed by atoms with Crippen molar-refractivity contribution in [1.29, 1.82) is 0 Å². The summed E-state index contributed by atoms with van der Waals surface area (Å²) >= 11 is 0. The quantitative estimate of drug-likeness (QED) is 0.547. The summed E-state index contributed by atoms with van der Waals surface area (Å²) in [6.45, 7) is 1.91. The van der Waals surface area contributed by atoms with E-state index < -0.39 is 11.7 Å². The summed E-state index contributed by atoms with van der Waals surface area (Å²) in [5.41, 5.74) is -0.750. The first-order valence-electron chi connectivity index (χ1n) is 3.59. The minimum atomic E-state index is -0.750. The fraction of sp³-hybridized carbons (Fsp3) is 1.00.